The van der Waals surface area contributed by atoms with Crippen molar-refractivity contribution in [3.05, 3.63) is 66.7 Å². The molecule has 2 aromatic carbocycles. The second kappa shape index (κ2) is 14.9. The summed E-state index contributed by atoms with van der Waals surface area (Å²) in [7, 11) is 0. The molecular formula is C32H42Cl2F4O4. The number of carbonyl (C=O) groups is 2. The van der Waals surface area contributed by atoms with Crippen LogP contribution in [0.2, 0.25) is 10.0 Å². The summed E-state index contributed by atoms with van der Waals surface area (Å²) in [6, 6.07) is 0. The van der Waals surface area contributed by atoms with Crippen LogP contribution in [-0.2, 0) is 27.2 Å². The summed E-state index contributed by atoms with van der Waals surface area (Å²) in [6.45, 7) is 19.3. The van der Waals surface area contributed by atoms with Crippen LogP contribution in [0.3, 0.4) is 0 Å². The minimum atomic E-state index is -1.12. The van der Waals surface area contributed by atoms with Gasteiger partial charge < -0.3 is 9.84 Å². The van der Waals surface area contributed by atoms with E-state index in [2.05, 4.69) is 0 Å². The Labute approximate surface area is 256 Å². The molecule has 0 radical (unpaired) electrons. The number of benzene rings is 2. The standard InChI is InChI=1S/C18H25ClF2O2.C14H17ClF2O2/c1-9(2)13-11(8-12(22)23-18(5,6)7)14(10(3)4)17(21)15(19)16(13)20;1-6(2)10-8(5-9(18)19)11(7(3)4)14(17)12(15)13(10)16/h9-10H,8H2,1-7H3;6-7H,5H2,1-4H3,(H,18,19). The number of ether oxygens (including phenoxy) is 1. The van der Waals surface area contributed by atoms with E-state index in [1.165, 1.54) is 0 Å². The van der Waals surface area contributed by atoms with Crippen molar-refractivity contribution in [1.82, 2.24) is 0 Å². The van der Waals surface area contributed by atoms with Crippen molar-refractivity contribution in [3.63, 3.8) is 0 Å². The fraction of sp³-hybridized carbons (Fsp3) is 0.562. The average molecular weight is 638 g/mol. The number of hydrogen-bond acceptors (Lipinski definition) is 3. The van der Waals surface area contributed by atoms with Gasteiger partial charge >= 0.3 is 11.9 Å². The van der Waals surface area contributed by atoms with E-state index in [0.717, 1.165) is 0 Å². The van der Waals surface area contributed by atoms with Crippen molar-refractivity contribution < 1.29 is 37.0 Å². The van der Waals surface area contributed by atoms with Gasteiger partial charge in [0.15, 0.2) is 0 Å². The summed E-state index contributed by atoms with van der Waals surface area (Å²) >= 11 is 11.5. The third kappa shape index (κ3) is 9.09. The number of halogens is 6. The van der Waals surface area contributed by atoms with Crippen LogP contribution in [0.4, 0.5) is 17.6 Å². The smallest absolute Gasteiger partial charge is 0.310 e. The molecule has 0 spiro atoms. The van der Waals surface area contributed by atoms with E-state index in [1.807, 2.05) is 0 Å². The molecule has 10 heteroatoms. The maximum Gasteiger partial charge on any atom is 0.310 e. The number of aliphatic carboxylic acids is 1. The number of hydrogen-bond donors (Lipinski definition) is 1. The van der Waals surface area contributed by atoms with Gasteiger partial charge in [0.1, 0.15) is 38.9 Å². The van der Waals surface area contributed by atoms with Crippen LogP contribution < -0.4 is 0 Å². The zero-order chi connectivity index (χ0) is 33.0. The molecule has 4 nitrogen and oxygen atoms in total. The lowest BCUT2D eigenvalue weighted by Crippen LogP contribution is -2.26. The zero-order valence-electron chi connectivity index (χ0n) is 26.2. The van der Waals surface area contributed by atoms with Crippen LogP contribution >= 0.6 is 23.2 Å². The summed E-state index contributed by atoms with van der Waals surface area (Å²) in [5, 5.41) is 7.89. The number of carboxylic acids is 1. The molecule has 0 saturated heterocycles. The average Bonchev–Trinajstić information content (AvgIpc) is 2.79. The van der Waals surface area contributed by atoms with Crippen molar-refractivity contribution in [2.24, 2.45) is 0 Å². The van der Waals surface area contributed by atoms with Crippen molar-refractivity contribution in [2.45, 2.75) is 118 Å². The maximum atomic E-state index is 14.5. The molecular weight excluding hydrogens is 595 g/mol. The van der Waals surface area contributed by atoms with Crippen LogP contribution in [0.15, 0.2) is 0 Å². The molecule has 236 valence electrons. The third-order valence-corrected chi connectivity index (χ3v) is 7.06. The highest BCUT2D eigenvalue weighted by Crippen LogP contribution is 2.39. The number of carbonyl (C=O) groups excluding carboxylic acids is 1. The third-order valence-electron chi connectivity index (χ3n) is 6.40. The van der Waals surface area contributed by atoms with E-state index < -0.39 is 57.3 Å². The van der Waals surface area contributed by atoms with Gasteiger partial charge in [-0.05, 0) is 77.8 Å². The first-order chi connectivity index (χ1) is 19.0. The quantitative estimate of drug-likeness (QED) is 0.178. The molecule has 0 aliphatic rings. The topological polar surface area (TPSA) is 63.6 Å². The van der Waals surface area contributed by atoms with Gasteiger partial charge in [-0.3, -0.25) is 9.59 Å². The highest BCUT2D eigenvalue weighted by molar-refractivity contribution is 6.31. The molecule has 0 atom stereocenters. The Morgan fingerprint density at radius 3 is 1.12 bits per heavy atom. The second-order valence-corrected chi connectivity index (χ2v) is 13.2. The van der Waals surface area contributed by atoms with Gasteiger partial charge in [-0.1, -0.05) is 78.6 Å². The van der Waals surface area contributed by atoms with Gasteiger partial charge in [-0.25, -0.2) is 17.6 Å². The van der Waals surface area contributed by atoms with Gasteiger partial charge in [0.25, 0.3) is 0 Å². The Kier molecular flexibility index (Phi) is 13.4. The summed E-state index contributed by atoms with van der Waals surface area (Å²) in [4.78, 5) is 23.1. The predicted molar refractivity (Wildman–Crippen MR) is 160 cm³/mol. The summed E-state index contributed by atoms with van der Waals surface area (Å²) in [5.74, 6) is -5.93. The van der Waals surface area contributed by atoms with Crippen molar-refractivity contribution >= 4 is 35.1 Å². The lowest BCUT2D eigenvalue weighted by molar-refractivity contribution is -0.154. The van der Waals surface area contributed by atoms with Crippen LogP contribution in [-0.4, -0.2) is 22.6 Å². The Hall–Kier alpha value is -2.32. The van der Waals surface area contributed by atoms with E-state index in [9.17, 15) is 27.2 Å². The Morgan fingerprint density at radius 2 is 0.905 bits per heavy atom. The second-order valence-electron chi connectivity index (χ2n) is 12.4. The summed E-state index contributed by atoms with van der Waals surface area (Å²) in [5.41, 5.74) is 0.851. The van der Waals surface area contributed by atoms with Gasteiger partial charge in [0.05, 0.1) is 12.8 Å². The normalized spacial score (nSPS) is 11.8. The first-order valence-corrected chi connectivity index (χ1v) is 14.6. The minimum Gasteiger partial charge on any atom is -0.481 e. The lowest BCUT2D eigenvalue weighted by Gasteiger charge is -2.24. The fourth-order valence-electron chi connectivity index (χ4n) is 4.95. The number of esters is 1. The summed E-state index contributed by atoms with van der Waals surface area (Å²) in [6.07, 6.45) is -0.588. The number of rotatable bonds is 8. The largest absolute Gasteiger partial charge is 0.481 e. The molecule has 0 aliphatic heterocycles. The van der Waals surface area contributed by atoms with Crippen molar-refractivity contribution in [1.29, 1.82) is 0 Å². The van der Waals surface area contributed by atoms with E-state index in [1.54, 1.807) is 76.2 Å². The molecule has 0 unspecified atom stereocenters. The Morgan fingerprint density at radius 1 is 0.643 bits per heavy atom. The first-order valence-electron chi connectivity index (χ1n) is 13.9. The summed E-state index contributed by atoms with van der Waals surface area (Å²) < 4.78 is 62.5. The molecule has 0 fully saturated rings. The van der Waals surface area contributed by atoms with Crippen LogP contribution in [0.25, 0.3) is 0 Å². The van der Waals surface area contributed by atoms with Crippen LogP contribution in [0.5, 0.6) is 0 Å². The minimum absolute atomic E-state index is 0.177. The monoisotopic (exact) mass is 636 g/mol. The van der Waals surface area contributed by atoms with E-state index in [4.69, 9.17) is 33.0 Å². The number of carboxylic acid groups (broad SMARTS) is 1. The molecule has 0 aromatic heterocycles. The molecule has 0 amide bonds. The molecule has 0 heterocycles. The van der Waals surface area contributed by atoms with E-state index >= 15 is 0 Å². The zero-order valence-corrected chi connectivity index (χ0v) is 27.7. The predicted octanol–water partition coefficient (Wildman–Crippen LogP) is 10.2. The van der Waals surface area contributed by atoms with Gasteiger partial charge in [0, 0.05) is 0 Å². The molecule has 0 saturated carbocycles. The molecule has 1 N–H and O–H groups in total. The van der Waals surface area contributed by atoms with Crippen molar-refractivity contribution in [3.8, 4) is 0 Å². The highest BCUT2D eigenvalue weighted by atomic mass is 35.5. The van der Waals surface area contributed by atoms with Crippen molar-refractivity contribution in [2.75, 3.05) is 0 Å². The molecule has 0 aliphatic carbocycles. The van der Waals surface area contributed by atoms with E-state index in [-0.39, 0.29) is 57.9 Å². The highest BCUT2D eigenvalue weighted by Gasteiger charge is 2.30. The first kappa shape index (κ1) is 37.7. The molecule has 2 rings (SSSR count). The van der Waals surface area contributed by atoms with Crippen LogP contribution in [0, 0.1) is 23.3 Å². The Balaban J connectivity index is 0.000000428. The molecule has 2 aromatic rings. The Bertz CT molecular complexity index is 1240. The van der Waals surface area contributed by atoms with Gasteiger partial charge in [-0.2, -0.15) is 0 Å². The van der Waals surface area contributed by atoms with Crippen LogP contribution in [0.1, 0.15) is 133 Å². The lowest BCUT2D eigenvalue weighted by atomic mass is 9.86. The van der Waals surface area contributed by atoms with Gasteiger partial charge in [-0.15, -0.1) is 0 Å². The fourth-order valence-corrected chi connectivity index (χ4v) is 5.35. The molecule has 0 bridgehead atoms. The SMILES string of the molecule is CC(C)c1c(F)c(Cl)c(F)c(C(C)C)c1CC(=O)O.CC(C)c1c(F)c(Cl)c(F)c(C(C)C)c1CC(=O)OC(C)(C)C. The maximum absolute atomic E-state index is 14.5. The molecule has 42 heavy (non-hydrogen) atoms. The van der Waals surface area contributed by atoms with Gasteiger partial charge in [0.2, 0.25) is 0 Å². The van der Waals surface area contributed by atoms with E-state index in [0.29, 0.717) is 5.56 Å².